The van der Waals surface area contributed by atoms with E-state index in [9.17, 15) is 4.79 Å². The van der Waals surface area contributed by atoms with Crippen LogP contribution in [0.5, 0.6) is 0 Å². The van der Waals surface area contributed by atoms with Crippen molar-refractivity contribution in [3.05, 3.63) is 58.7 Å². The lowest BCUT2D eigenvalue weighted by atomic mass is 10.0. The summed E-state index contributed by atoms with van der Waals surface area (Å²) in [6.07, 6.45) is 0.469. The van der Waals surface area contributed by atoms with E-state index in [0.29, 0.717) is 10.0 Å². The van der Waals surface area contributed by atoms with E-state index < -0.39 is 6.09 Å². The summed E-state index contributed by atoms with van der Waals surface area (Å²) in [6.45, 7) is 0. The zero-order valence-corrected chi connectivity index (χ0v) is 12.7. The van der Waals surface area contributed by atoms with Crippen molar-refractivity contribution in [2.24, 2.45) is 0 Å². The Bertz CT molecular complexity index is 881. The quantitative estimate of drug-likeness (QED) is 0.669. The highest BCUT2D eigenvalue weighted by Crippen LogP contribution is 2.32. The molecule has 1 aromatic heterocycles. The van der Waals surface area contributed by atoms with Gasteiger partial charge in [0, 0.05) is 27.2 Å². The van der Waals surface area contributed by atoms with Gasteiger partial charge in [-0.15, -0.1) is 0 Å². The number of hydrogen-bond acceptors (Lipinski definition) is 2. The largest absolute Gasteiger partial charge is 0.465 e. The average Bonchev–Trinajstić information content (AvgIpc) is 2.48. The summed E-state index contributed by atoms with van der Waals surface area (Å²) in [6, 6.07) is 12.7. The van der Waals surface area contributed by atoms with Gasteiger partial charge in [0.1, 0.15) is 5.82 Å². The Balaban J connectivity index is 2.06. The second-order valence-corrected chi connectivity index (χ2v) is 5.53. The van der Waals surface area contributed by atoms with Gasteiger partial charge in [-0.3, -0.25) is 5.32 Å². The molecule has 0 fully saturated rings. The Morgan fingerprint density at radius 2 is 1.86 bits per heavy atom. The number of carboxylic acid groups (broad SMARTS) is 1. The number of anilines is 1. The van der Waals surface area contributed by atoms with E-state index in [1.54, 1.807) is 30.5 Å². The molecule has 0 spiro atoms. The van der Waals surface area contributed by atoms with E-state index in [1.165, 1.54) is 0 Å². The van der Waals surface area contributed by atoms with Crippen LogP contribution in [0.25, 0.3) is 21.9 Å². The molecular formula is C16H10Cl2N2O2. The number of nitrogens with zero attached hydrogens (tertiary/aromatic N) is 1. The molecule has 0 aliphatic heterocycles. The van der Waals surface area contributed by atoms with Crippen LogP contribution in [0.4, 0.5) is 10.6 Å². The highest BCUT2D eigenvalue weighted by atomic mass is 35.5. The molecule has 3 rings (SSSR count). The fourth-order valence-corrected chi connectivity index (χ4v) is 2.60. The van der Waals surface area contributed by atoms with Crippen molar-refractivity contribution in [2.45, 2.75) is 0 Å². The van der Waals surface area contributed by atoms with Crippen molar-refractivity contribution in [3.63, 3.8) is 0 Å². The summed E-state index contributed by atoms with van der Waals surface area (Å²) in [5.41, 5.74) is 1.75. The first-order chi connectivity index (χ1) is 10.5. The predicted octanol–water partition coefficient (Wildman–Crippen LogP) is 5.30. The number of fused-ring (bicyclic) bond motifs is 1. The number of aromatic nitrogens is 1. The zero-order chi connectivity index (χ0) is 15.7. The minimum absolute atomic E-state index is 0.286. The molecule has 6 heteroatoms. The number of rotatable bonds is 2. The van der Waals surface area contributed by atoms with E-state index in [-0.39, 0.29) is 5.82 Å². The molecule has 0 atom stereocenters. The molecular weight excluding hydrogens is 323 g/mol. The maximum atomic E-state index is 10.6. The minimum atomic E-state index is -1.14. The van der Waals surface area contributed by atoms with Crippen LogP contribution >= 0.6 is 23.2 Å². The van der Waals surface area contributed by atoms with Gasteiger partial charge in [-0.1, -0.05) is 35.3 Å². The van der Waals surface area contributed by atoms with Crippen molar-refractivity contribution in [3.8, 4) is 11.1 Å². The Morgan fingerprint density at radius 3 is 2.64 bits per heavy atom. The van der Waals surface area contributed by atoms with Crippen molar-refractivity contribution in [2.75, 3.05) is 5.32 Å². The van der Waals surface area contributed by atoms with E-state index in [4.69, 9.17) is 28.3 Å². The van der Waals surface area contributed by atoms with Crippen LogP contribution in [0.3, 0.4) is 0 Å². The molecule has 0 radical (unpaired) electrons. The lowest BCUT2D eigenvalue weighted by Gasteiger charge is -2.08. The lowest BCUT2D eigenvalue weighted by molar-refractivity contribution is 0.209. The molecule has 2 aromatic carbocycles. The van der Waals surface area contributed by atoms with Gasteiger partial charge < -0.3 is 5.11 Å². The van der Waals surface area contributed by atoms with Gasteiger partial charge in [-0.05, 0) is 41.3 Å². The number of benzene rings is 2. The molecule has 0 saturated carbocycles. The van der Waals surface area contributed by atoms with Crippen molar-refractivity contribution < 1.29 is 9.90 Å². The Morgan fingerprint density at radius 1 is 1.05 bits per heavy atom. The number of hydrogen-bond donors (Lipinski definition) is 2. The monoisotopic (exact) mass is 332 g/mol. The van der Waals surface area contributed by atoms with Crippen LogP contribution < -0.4 is 5.32 Å². The highest BCUT2D eigenvalue weighted by Gasteiger charge is 2.07. The summed E-state index contributed by atoms with van der Waals surface area (Å²) in [5, 5.41) is 13.9. The smallest absolute Gasteiger partial charge is 0.410 e. The highest BCUT2D eigenvalue weighted by molar-refractivity contribution is 6.35. The van der Waals surface area contributed by atoms with E-state index in [2.05, 4.69) is 10.3 Å². The summed E-state index contributed by atoms with van der Waals surface area (Å²) >= 11 is 12.2. The molecule has 22 heavy (non-hydrogen) atoms. The lowest BCUT2D eigenvalue weighted by Crippen LogP contribution is -2.08. The molecule has 110 valence electrons. The van der Waals surface area contributed by atoms with Crippen molar-refractivity contribution in [1.29, 1.82) is 0 Å². The maximum absolute atomic E-state index is 10.6. The molecule has 0 aliphatic carbocycles. The first kappa shape index (κ1) is 14.6. The van der Waals surface area contributed by atoms with Gasteiger partial charge in [-0.2, -0.15) is 0 Å². The van der Waals surface area contributed by atoms with Gasteiger partial charge in [0.2, 0.25) is 0 Å². The summed E-state index contributed by atoms with van der Waals surface area (Å²) in [4.78, 5) is 14.7. The van der Waals surface area contributed by atoms with Gasteiger partial charge >= 0.3 is 6.09 Å². The Kier molecular flexibility index (Phi) is 3.88. The second-order valence-electron chi connectivity index (χ2n) is 4.69. The van der Waals surface area contributed by atoms with Crippen molar-refractivity contribution in [1.82, 2.24) is 4.98 Å². The van der Waals surface area contributed by atoms with Crippen LogP contribution in [-0.4, -0.2) is 16.2 Å². The van der Waals surface area contributed by atoms with Crippen LogP contribution in [0.15, 0.2) is 48.7 Å². The Hall–Kier alpha value is -2.30. The van der Waals surface area contributed by atoms with Crippen LogP contribution in [-0.2, 0) is 0 Å². The van der Waals surface area contributed by atoms with Crippen LogP contribution in [0.1, 0.15) is 0 Å². The van der Waals surface area contributed by atoms with Gasteiger partial charge in [0.05, 0.1) is 0 Å². The first-order valence-electron chi connectivity index (χ1n) is 6.38. The van der Waals surface area contributed by atoms with E-state index >= 15 is 0 Å². The molecule has 0 bridgehead atoms. The third kappa shape index (κ3) is 2.98. The van der Waals surface area contributed by atoms with Gasteiger partial charge in [-0.25, -0.2) is 9.78 Å². The second kappa shape index (κ2) is 5.83. The molecule has 0 aliphatic rings. The number of halogens is 2. The molecule has 0 unspecified atom stereocenters. The molecule has 0 saturated heterocycles. The zero-order valence-electron chi connectivity index (χ0n) is 11.2. The van der Waals surface area contributed by atoms with Gasteiger partial charge in [0.25, 0.3) is 0 Å². The fourth-order valence-electron chi connectivity index (χ4n) is 2.21. The fraction of sp³-hybridized carbons (Fsp3) is 0. The SMILES string of the molecule is O=C(O)Nc1cc2ccc(-c3cc(Cl)ccc3Cl)cc2cn1. The maximum Gasteiger partial charge on any atom is 0.410 e. The summed E-state index contributed by atoms with van der Waals surface area (Å²) in [5.74, 6) is 0.286. The van der Waals surface area contributed by atoms with Gasteiger partial charge in [0.15, 0.2) is 0 Å². The minimum Gasteiger partial charge on any atom is -0.465 e. The summed E-state index contributed by atoms with van der Waals surface area (Å²) < 4.78 is 0. The molecule has 1 amide bonds. The van der Waals surface area contributed by atoms with Crippen molar-refractivity contribution >= 4 is 45.9 Å². The molecule has 2 N–H and O–H groups in total. The standard InChI is InChI=1S/C16H10Cl2N2O2/c17-12-3-4-14(18)13(7-12)10-2-1-9-6-15(20-16(21)22)19-8-11(9)5-10/h1-8H,(H,19,20)(H,21,22). The molecule has 3 aromatic rings. The normalized spacial score (nSPS) is 10.6. The number of pyridine rings is 1. The summed E-state index contributed by atoms with van der Waals surface area (Å²) in [7, 11) is 0. The molecule has 4 nitrogen and oxygen atoms in total. The predicted molar refractivity (Wildman–Crippen MR) is 88.8 cm³/mol. The first-order valence-corrected chi connectivity index (χ1v) is 7.14. The van der Waals surface area contributed by atoms with Crippen LogP contribution in [0, 0.1) is 0 Å². The van der Waals surface area contributed by atoms with Crippen LogP contribution in [0.2, 0.25) is 10.0 Å². The molecule has 1 heterocycles. The Labute approximate surface area is 136 Å². The topological polar surface area (TPSA) is 62.2 Å². The van der Waals surface area contributed by atoms with E-state index in [0.717, 1.165) is 21.9 Å². The number of carbonyl (C=O) groups is 1. The van der Waals surface area contributed by atoms with E-state index in [1.807, 2.05) is 18.2 Å². The average molecular weight is 333 g/mol. The number of nitrogens with one attached hydrogen (secondary N) is 1. The number of amides is 1. The third-order valence-electron chi connectivity index (χ3n) is 3.20. The third-order valence-corrected chi connectivity index (χ3v) is 3.76.